The third kappa shape index (κ3) is 5.29. The number of ether oxygens (including phenoxy) is 1. The Morgan fingerprint density at radius 3 is 2.32 bits per heavy atom. The van der Waals surface area contributed by atoms with Crippen LogP contribution in [-0.4, -0.2) is 17.1 Å². The van der Waals surface area contributed by atoms with E-state index < -0.39 is 0 Å². The largest absolute Gasteiger partial charge is 0.491 e. The molecule has 0 spiro atoms. The summed E-state index contributed by atoms with van der Waals surface area (Å²) in [5.41, 5.74) is 4.78. The molecule has 0 aromatic heterocycles. The van der Waals surface area contributed by atoms with Crippen LogP contribution in [0.5, 0.6) is 5.75 Å². The van der Waals surface area contributed by atoms with Gasteiger partial charge in [0.2, 0.25) is 0 Å². The van der Waals surface area contributed by atoms with Crippen LogP contribution in [-0.2, 0) is 0 Å². The van der Waals surface area contributed by atoms with Crippen LogP contribution in [0.2, 0.25) is 0 Å². The van der Waals surface area contributed by atoms with Crippen LogP contribution in [0, 0.1) is 20.8 Å². The van der Waals surface area contributed by atoms with Gasteiger partial charge in [0.05, 0.1) is 6.10 Å². The van der Waals surface area contributed by atoms with E-state index in [1.54, 1.807) is 18.2 Å². The summed E-state index contributed by atoms with van der Waals surface area (Å²) in [5.74, 6) is 0.390. The van der Waals surface area contributed by atoms with Gasteiger partial charge in [-0.2, -0.15) is 0 Å². The maximum Gasteiger partial charge on any atom is 0.257 e. The molecule has 0 saturated heterocycles. The minimum absolute atomic E-state index is 0.0496. The van der Waals surface area contributed by atoms with E-state index in [0.29, 0.717) is 11.3 Å². The summed E-state index contributed by atoms with van der Waals surface area (Å²) < 4.78 is 5.62. The summed E-state index contributed by atoms with van der Waals surface area (Å²) in [6.45, 7) is 9.96. The molecular weight excluding hydrogens is 332 g/mol. The van der Waals surface area contributed by atoms with Gasteiger partial charge in [0.25, 0.3) is 5.91 Å². The molecule has 2 N–H and O–H groups in total. The number of amides is 1. The predicted molar refractivity (Wildman–Crippen MR) is 107 cm³/mol. The highest BCUT2D eigenvalue weighted by Crippen LogP contribution is 2.22. The van der Waals surface area contributed by atoms with Crippen LogP contribution in [0.4, 0.5) is 5.69 Å². The lowest BCUT2D eigenvalue weighted by Gasteiger charge is -2.15. The maximum absolute atomic E-state index is 12.4. The van der Waals surface area contributed by atoms with Gasteiger partial charge in [0.15, 0.2) is 5.11 Å². The van der Waals surface area contributed by atoms with Gasteiger partial charge in [-0.3, -0.25) is 10.1 Å². The molecule has 0 aliphatic heterocycles. The summed E-state index contributed by atoms with van der Waals surface area (Å²) in [4.78, 5) is 12.4. The predicted octanol–water partition coefficient (Wildman–Crippen LogP) is 4.53. The molecule has 2 aromatic rings. The topological polar surface area (TPSA) is 50.4 Å². The van der Waals surface area contributed by atoms with Gasteiger partial charge in [0.1, 0.15) is 5.75 Å². The average Bonchev–Trinajstić information content (AvgIpc) is 2.50. The summed E-state index contributed by atoms with van der Waals surface area (Å²) in [7, 11) is 0. The summed E-state index contributed by atoms with van der Waals surface area (Å²) >= 11 is 5.29. The smallest absolute Gasteiger partial charge is 0.257 e. The zero-order valence-corrected chi connectivity index (χ0v) is 16.1. The minimum Gasteiger partial charge on any atom is -0.491 e. The number of hydrogen-bond acceptors (Lipinski definition) is 3. The number of thiocarbonyl (C=S) groups is 1. The molecule has 0 heterocycles. The molecular formula is C20H24N2O2S. The van der Waals surface area contributed by atoms with E-state index >= 15 is 0 Å². The molecule has 4 nitrogen and oxygen atoms in total. The fourth-order valence-electron chi connectivity index (χ4n) is 2.68. The molecule has 0 aliphatic rings. The third-order valence-corrected chi connectivity index (χ3v) is 3.81. The van der Waals surface area contributed by atoms with Gasteiger partial charge in [-0.25, -0.2) is 0 Å². The highest BCUT2D eigenvalue weighted by molar-refractivity contribution is 7.80. The van der Waals surface area contributed by atoms with Crippen molar-refractivity contribution in [1.29, 1.82) is 0 Å². The minimum atomic E-state index is -0.269. The lowest BCUT2D eigenvalue weighted by molar-refractivity contribution is 0.0977. The third-order valence-electron chi connectivity index (χ3n) is 3.61. The molecule has 0 bridgehead atoms. The van der Waals surface area contributed by atoms with Gasteiger partial charge in [0, 0.05) is 11.3 Å². The van der Waals surface area contributed by atoms with E-state index in [0.717, 1.165) is 16.8 Å². The van der Waals surface area contributed by atoms with Crippen molar-refractivity contribution in [3.63, 3.8) is 0 Å². The summed E-state index contributed by atoms with van der Waals surface area (Å²) in [6, 6.07) is 11.2. The maximum atomic E-state index is 12.4. The zero-order valence-electron chi connectivity index (χ0n) is 15.3. The molecule has 5 heteroatoms. The van der Waals surface area contributed by atoms with E-state index in [1.165, 1.54) is 5.56 Å². The number of carbonyl (C=O) groups is 1. The Kier molecular flexibility index (Phi) is 6.15. The van der Waals surface area contributed by atoms with Crippen LogP contribution in [0.25, 0.3) is 0 Å². The van der Waals surface area contributed by atoms with E-state index in [4.69, 9.17) is 17.0 Å². The van der Waals surface area contributed by atoms with Gasteiger partial charge >= 0.3 is 0 Å². The van der Waals surface area contributed by atoms with Crippen molar-refractivity contribution in [3.8, 4) is 5.75 Å². The molecule has 2 aromatic carbocycles. The van der Waals surface area contributed by atoms with Crippen molar-refractivity contribution in [2.75, 3.05) is 5.32 Å². The quantitative estimate of drug-likeness (QED) is 0.791. The highest BCUT2D eigenvalue weighted by atomic mass is 32.1. The van der Waals surface area contributed by atoms with Crippen molar-refractivity contribution in [2.24, 2.45) is 0 Å². The van der Waals surface area contributed by atoms with Crippen LogP contribution in [0.1, 0.15) is 40.9 Å². The first-order valence-electron chi connectivity index (χ1n) is 8.23. The molecule has 0 saturated carbocycles. The summed E-state index contributed by atoms with van der Waals surface area (Å²) in [5, 5.41) is 6.11. The van der Waals surface area contributed by atoms with Crippen LogP contribution < -0.4 is 15.4 Å². The van der Waals surface area contributed by atoms with Gasteiger partial charge in [-0.05, 0) is 76.2 Å². The van der Waals surface area contributed by atoms with Crippen LogP contribution in [0.15, 0.2) is 36.4 Å². The molecule has 2 rings (SSSR count). The average molecular weight is 356 g/mol. The molecule has 0 radical (unpaired) electrons. The second-order valence-corrected chi connectivity index (χ2v) is 6.78. The molecule has 0 aliphatic carbocycles. The second kappa shape index (κ2) is 8.12. The van der Waals surface area contributed by atoms with Crippen LogP contribution >= 0.6 is 12.2 Å². The number of benzene rings is 2. The van der Waals surface area contributed by atoms with Crippen LogP contribution in [0.3, 0.4) is 0 Å². The lowest BCUT2D eigenvalue weighted by Crippen LogP contribution is -2.34. The molecule has 25 heavy (non-hydrogen) atoms. The Morgan fingerprint density at radius 1 is 1.08 bits per heavy atom. The number of anilines is 1. The fraction of sp³-hybridized carbons (Fsp3) is 0.300. The Balaban J connectivity index is 2.07. The summed E-state index contributed by atoms with van der Waals surface area (Å²) in [6.07, 6.45) is 0.0496. The molecule has 1 amide bonds. The zero-order chi connectivity index (χ0) is 18.6. The van der Waals surface area contributed by atoms with Crippen molar-refractivity contribution >= 4 is 28.9 Å². The van der Waals surface area contributed by atoms with Crippen molar-refractivity contribution in [1.82, 2.24) is 5.32 Å². The first-order valence-corrected chi connectivity index (χ1v) is 8.64. The van der Waals surface area contributed by atoms with Gasteiger partial charge in [-0.15, -0.1) is 0 Å². The molecule has 0 unspecified atom stereocenters. The normalized spacial score (nSPS) is 10.5. The Bertz CT molecular complexity index is 777. The second-order valence-electron chi connectivity index (χ2n) is 6.38. The number of hydrogen-bond donors (Lipinski definition) is 2. The first-order chi connectivity index (χ1) is 11.8. The highest BCUT2D eigenvalue weighted by Gasteiger charge is 2.11. The van der Waals surface area contributed by atoms with Gasteiger partial charge < -0.3 is 10.1 Å². The number of rotatable bonds is 4. The first kappa shape index (κ1) is 18.9. The molecule has 132 valence electrons. The number of aryl methyl sites for hydroxylation is 3. The Labute approximate surface area is 154 Å². The van der Waals surface area contributed by atoms with Crippen molar-refractivity contribution in [2.45, 2.75) is 40.7 Å². The van der Waals surface area contributed by atoms with E-state index in [1.807, 2.05) is 33.8 Å². The van der Waals surface area contributed by atoms with Crippen molar-refractivity contribution < 1.29 is 9.53 Å². The standard InChI is InChI=1S/C20H24N2O2S/c1-12(2)24-17-8-6-7-16(11-17)19(23)22-20(25)21-18-14(4)9-13(3)10-15(18)5/h6-12H,1-5H3,(H2,21,22,23,25). The monoisotopic (exact) mass is 356 g/mol. The Hall–Kier alpha value is -2.40. The van der Waals surface area contributed by atoms with Gasteiger partial charge in [-0.1, -0.05) is 23.8 Å². The Morgan fingerprint density at radius 2 is 1.72 bits per heavy atom. The number of carbonyl (C=O) groups excluding carboxylic acids is 1. The molecule has 0 fully saturated rings. The molecule has 0 atom stereocenters. The number of nitrogens with one attached hydrogen (secondary N) is 2. The van der Waals surface area contributed by atoms with E-state index in [2.05, 4.69) is 29.7 Å². The fourth-order valence-corrected chi connectivity index (χ4v) is 2.87. The lowest BCUT2D eigenvalue weighted by atomic mass is 10.1. The van der Waals surface area contributed by atoms with E-state index in [9.17, 15) is 4.79 Å². The van der Waals surface area contributed by atoms with E-state index in [-0.39, 0.29) is 17.1 Å². The SMILES string of the molecule is Cc1cc(C)c(NC(=S)NC(=O)c2cccc(OC(C)C)c2)c(C)c1. The van der Waals surface area contributed by atoms with Crippen molar-refractivity contribution in [3.05, 3.63) is 58.7 Å².